The standard InChI is InChI=1S/C25H16Cl3FN4O2/c26-17-2-1-3-19(11-17)33-23-22(31(14-30-23)12-16-6-9-20(27)21(28)10-16)24(34)32(25(33)35)13-15-4-7-18(29)8-5-15/h1-11,14H,12-13H2. The molecule has 3 aromatic carbocycles. The summed E-state index contributed by atoms with van der Waals surface area (Å²) in [7, 11) is 0. The third-order valence-electron chi connectivity index (χ3n) is 5.56. The third-order valence-corrected chi connectivity index (χ3v) is 6.53. The van der Waals surface area contributed by atoms with Crippen molar-refractivity contribution in [1.29, 1.82) is 0 Å². The summed E-state index contributed by atoms with van der Waals surface area (Å²) >= 11 is 18.4. The maximum Gasteiger partial charge on any atom is 0.337 e. The van der Waals surface area contributed by atoms with E-state index in [9.17, 15) is 14.0 Å². The zero-order chi connectivity index (χ0) is 24.7. The topological polar surface area (TPSA) is 61.8 Å². The maximum absolute atomic E-state index is 13.6. The number of nitrogens with zero attached hydrogens (tertiary/aromatic N) is 4. The number of halogens is 4. The predicted octanol–water partition coefficient (Wildman–Crippen LogP) is 5.54. The Morgan fingerprint density at radius 1 is 0.829 bits per heavy atom. The van der Waals surface area contributed by atoms with Crippen LogP contribution < -0.4 is 11.2 Å². The number of imidazole rings is 1. The maximum atomic E-state index is 13.6. The van der Waals surface area contributed by atoms with Crippen molar-refractivity contribution in [2.45, 2.75) is 13.1 Å². The average Bonchev–Trinajstić information content (AvgIpc) is 3.23. The lowest BCUT2D eigenvalue weighted by molar-refractivity contribution is 0.624. The second-order valence-electron chi connectivity index (χ2n) is 7.91. The molecule has 0 aliphatic heterocycles. The van der Waals surface area contributed by atoms with Gasteiger partial charge in [-0.2, -0.15) is 0 Å². The summed E-state index contributed by atoms with van der Waals surface area (Å²) in [5, 5.41) is 1.23. The summed E-state index contributed by atoms with van der Waals surface area (Å²) in [6, 6.07) is 17.5. The van der Waals surface area contributed by atoms with Crippen LogP contribution in [0.2, 0.25) is 15.1 Å². The molecule has 0 amide bonds. The van der Waals surface area contributed by atoms with E-state index in [0.29, 0.717) is 26.3 Å². The van der Waals surface area contributed by atoms with Crippen LogP contribution in [0, 0.1) is 5.82 Å². The Morgan fingerprint density at radius 3 is 2.29 bits per heavy atom. The van der Waals surface area contributed by atoms with Gasteiger partial charge < -0.3 is 4.57 Å². The molecule has 0 bridgehead atoms. The van der Waals surface area contributed by atoms with Gasteiger partial charge in [-0.15, -0.1) is 0 Å². The molecule has 35 heavy (non-hydrogen) atoms. The number of hydrogen-bond donors (Lipinski definition) is 0. The highest BCUT2D eigenvalue weighted by molar-refractivity contribution is 6.42. The monoisotopic (exact) mass is 528 g/mol. The molecule has 0 atom stereocenters. The van der Waals surface area contributed by atoms with Crippen LogP contribution in [-0.4, -0.2) is 18.7 Å². The SMILES string of the molecule is O=c1c2c(ncn2Cc2ccc(Cl)c(Cl)c2)n(-c2cccc(Cl)c2)c(=O)n1Cc1ccc(F)cc1. The smallest absolute Gasteiger partial charge is 0.320 e. The van der Waals surface area contributed by atoms with Crippen molar-refractivity contribution in [2.24, 2.45) is 0 Å². The van der Waals surface area contributed by atoms with Crippen molar-refractivity contribution in [3.8, 4) is 5.69 Å². The van der Waals surface area contributed by atoms with Crippen molar-refractivity contribution in [1.82, 2.24) is 18.7 Å². The highest BCUT2D eigenvalue weighted by Crippen LogP contribution is 2.24. The Hall–Kier alpha value is -3.39. The van der Waals surface area contributed by atoms with Crippen molar-refractivity contribution in [3.63, 3.8) is 0 Å². The number of hydrogen-bond acceptors (Lipinski definition) is 3. The van der Waals surface area contributed by atoms with E-state index in [4.69, 9.17) is 34.8 Å². The van der Waals surface area contributed by atoms with Gasteiger partial charge in [0.05, 0.1) is 28.6 Å². The molecule has 10 heteroatoms. The fourth-order valence-electron chi connectivity index (χ4n) is 3.89. The summed E-state index contributed by atoms with van der Waals surface area (Å²) < 4.78 is 17.5. The molecule has 5 aromatic rings. The highest BCUT2D eigenvalue weighted by atomic mass is 35.5. The van der Waals surface area contributed by atoms with E-state index in [1.165, 1.54) is 35.2 Å². The van der Waals surface area contributed by atoms with E-state index in [2.05, 4.69) is 4.98 Å². The average molecular weight is 530 g/mol. The van der Waals surface area contributed by atoms with Gasteiger partial charge >= 0.3 is 5.69 Å². The first kappa shape index (κ1) is 23.4. The molecule has 2 heterocycles. The van der Waals surface area contributed by atoms with Gasteiger partial charge in [0.1, 0.15) is 5.82 Å². The molecule has 0 aliphatic carbocycles. The Balaban J connectivity index is 1.74. The van der Waals surface area contributed by atoms with E-state index >= 15 is 0 Å². The number of benzene rings is 3. The summed E-state index contributed by atoms with van der Waals surface area (Å²) in [6.07, 6.45) is 1.50. The number of fused-ring (bicyclic) bond motifs is 1. The first-order chi connectivity index (χ1) is 16.8. The van der Waals surface area contributed by atoms with Crippen LogP contribution in [0.5, 0.6) is 0 Å². The Kier molecular flexibility index (Phi) is 6.23. The molecule has 0 radical (unpaired) electrons. The zero-order valence-corrected chi connectivity index (χ0v) is 20.2. The second kappa shape index (κ2) is 9.34. The van der Waals surface area contributed by atoms with Crippen LogP contribution in [-0.2, 0) is 13.1 Å². The van der Waals surface area contributed by atoms with Crippen LogP contribution in [0.4, 0.5) is 4.39 Å². The Bertz CT molecular complexity index is 1690. The van der Waals surface area contributed by atoms with E-state index in [1.807, 2.05) is 0 Å². The summed E-state index contributed by atoms with van der Waals surface area (Å²) in [4.78, 5) is 31.6. The normalized spacial score (nSPS) is 11.3. The molecular formula is C25H16Cl3FN4O2. The van der Waals surface area contributed by atoms with Gasteiger partial charge in [0.25, 0.3) is 5.56 Å². The van der Waals surface area contributed by atoms with Gasteiger partial charge in [0.2, 0.25) is 0 Å². The van der Waals surface area contributed by atoms with Gasteiger partial charge in [-0.25, -0.2) is 18.7 Å². The molecule has 0 aliphatic rings. The molecule has 0 saturated carbocycles. The number of rotatable bonds is 5. The molecule has 2 aromatic heterocycles. The van der Waals surface area contributed by atoms with Gasteiger partial charge in [-0.3, -0.25) is 9.36 Å². The molecule has 0 N–H and O–H groups in total. The minimum absolute atomic E-state index is 0.0492. The molecule has 0 fully saturated rings. The zero-order valence-electron chi connectivity index (χ0n) is 18.0. The van der Waals surface area contributed by atoms with Crippen molar-refractivity contribution >= 4 is 46.0 Å². The fraction of sp³-hybridized carbons (Fsp3) is 0.0800. The molecular weight excluding hydrogens is 514 g/mol. The molecule has 0 spiro atoms. The quantitative estimate of drug-likeness (QED) is 0.300. The van der Waals surface area contributed by atoms with E-state index in [1.54, 1.807) is 47.0 Å². The van der Waals surface area contributed by atoms with Gasteiger partial charge in [-0.05, 0) is 53.6 Å². The first-order valence-electron chi connectivity index (χ1n) is 10.5. The van der Waals surface area contributed by atoms with Crippen LogP contribution in [0.1, 0.15) is 11.1 Å². The van der Waals surface area contributed by atoms with Crippen LogP contribution >= 0.6 is 34.8 Å². The minimum Gasteiger partial charge on any atom is -0.320 e. The largest absolute Gasteiger partial charge is 0.337 e. The number of aromatic nitrogens is 4. The lowest BCUT2D eigenvalue weighted by atomic mass is 10.2. The van der Waals surface area contributed by atoms with Crippen molar-refractivity contribution in [3.05, 3.63) is 126 Å². The Morgan fingerprint density at radius 2 is 1.57 bits per heavy atom. The molecule has 176 valence electrons. The van der Waals surface area contributed by atoms with Gasteiger partial charge in [0.15, 0.2) is 11.2 Å². The summed E-state index contributed by atoms with van der Waals surface area (Å²) in [5.74, 6) is -0.410. The van der Waals surface area contributed by atoms with Crippen LogP contribution in [0.3, 0.4) is 0 Å². The third kappa shape index (κ3) is 4.50. The minimum atomic E-state index is -0.589. The second-order valence-corrected chi connectivity index (χ2v) is 9.16. The lowest BCUT2D eigenvalue weighted by Crippen LogP contribution is -2.40. The van der Waals surface area contributed by atoms with Crippen LogP contribution in [0.25, 0.3) is 16.9 Å². The highest BCUT2D eigenvalue weighted by Gasteiger charge is 2.20. The van der Waals surface area contributed by atoms with E-state index < -0.39 is 17.1 Å². The van der Waals surface area contributed by atoms with Crippen LogP contribution in [0.15, 0.2) is 82.6 Å². The predicted molar refractivity (Wildman–Crippen MR) is 136 cm³/mol. The fourth-order valence-corrected chi connectivity index (χ4v) is 4.40. The van der Waals surface area contributed by atoms with Gasteiger partial charge in [-0.1, -0.05) is 59.1 Å². The molecule has 6 nitrogen and oxygen atoms in total. The summed E-state index contributed by atoms with van der Waals surface area (Å²) in [6.45, 7) is 0.222. The lowest BCUT2D eigenvalue weighted by Gasteiger charge is -2.13. The Labute approximate surface area is 213 Å². The van der Waals surface area contributed by atoms with Crippen molar-refractivity contribution in [2.75, 3.05) is 0 Å². The molecule has 0 unspecified atom stereocenters. The first-order valence-corrected chi connectivity index (χ1v) is 11.6. The van der Waals surface area contributed by atoms with E-state index in [0.717, 1.165) is 10.1 Å². The molecule has 0 saturated heterocycles. The van der Waals surface area contributed by atoms with E-state index in [-0.39, 0.29) is 24.3 Å². The van der Waals surface area contributed by atoms with Gasteiger partial charge in [0, 0.05) is 11.6 Å². The van der Waals surface area contributed by atoms with Crippen molar-refractivity contribution < 1.29 is 4.39 Å². The molecule has 5 rings (SSSR count). The summed E-state index contributed by atoms with van der Waals surface area (Å²) in [5.41, 5.74) is 1.15.